The first-order chi connectivity index (χ1) is 8.70. The summed E-state index contributed by atoms with van der Waals surface area (Å²) in [6, 6.07) is 13.8. The second kappa shape index (κ2) is 6.25. The molecule has 0 aliphatic heterocycles. The molecule has 0 spiro atoms. The Morgan fingerprint density at radius 1 is 0.944 bits per heavy atom. The standard InChI is InChI=1S/C14H12Br2O2/c1-17-13-8-14(12(16)7-11(13)15)18-9-10-5-3-2-4-6-10/h2-8H,9H2,1H3. The molecule has 0 heterocycles. The summed E-state index contributed by atoms with van der Waals surface area (Å²) in [5, 5.41) is 0. The summed E-state index contributed by atoms with van der Waals surface area (Å²) >= 11 is 6.90. The van der Waals surface area contributed by atoms with E-state index in [1.807, 2.05) is 42.5 Å². The molecular formula is C14H12Br2O2. The van der Waals surface area contributed by atoms with Gasteiger partial charge in [-0.1, -0.05) is 30.3 Å². The van der Waals surface area contributed by atoms with Gasteiger partial charge in [0.1, 0.15) is 18.1 Å². The number of rotatable bonds is 4. The molecule has 4 heteroatoms. The Hall–Kier alpha value is -1.000. The van der Waals surface area contributed by atoms with E-state index >= 15 is 0 Å². The van der Waals surface area contributed by atoms with Gasteiger partial charge in [0.25, 0.3) is 0 Å². The number of methoxy groups -OCH3 is 1. The molecular weight excluding hydrogens is 360 g/mol. The second-order valence-corrected chi connectivity index (χ2v) is 5.40. The van der Waals surface area contributed by atoms with Gasteiger partial charge in [0, 0.05) is 6.07 Å². The van der Waals surface area contributed by atoms with E-state index in [2.05, 4.69) is 31.9 Å². The van der Waals surface area contributed by atoms with Crippen molar-refractivity contribution in [2.75, 3.05) is 7.11 Å². The highest BCUT2D eigenvalue weighted by Crippen LogP contribution is 2.36. The normalized spacial score (nSPS) is 10.2. The molecule has 2 aromatic rings. The van der Waals surface area contributed by atoms with Gasteiger partial charge in [-0.15, -0.1) is 0 Å². The predicted octanol–water partition coefficient (Wildman–Crippen LogP) is 4.80. The quantitative estimate of drug-likeness (QED) is 0.768. The van der Waals surface area contributed by atoms with Crippen LogP contribution in [0, 0.1) is 0 Å². The van der Waals surface area contributed by atoms with Crippen LogP contribution in [0.25, 0.3) is 0 Å². The smallest absolute Gasteiger partial charge is 0.137 e. The predicted molar refractivity (Wildman–Crippen MR) is 79.2 cm³/mol. The topological polar surface area (TPSA) is 18.5 Å². The number of halogens is 2. The van der Waals surface area contributed by atoms with Crippen LogP contribution in [-0.2, 0) is 6.61 Å². The van der Waals surface area contributed by atoms with Gasteiger partial charge in [-0.25, -0.2) is 0 Å². The molecule has 2 nitrogen and oxygen atoms in total. The van der Waals surface area contributed by atoms with Gasteiger partial charge in [-0.3, -0.25) is 0 Å². The van der Waals surface area contributed by atoms with Crippen molar-refractivity contribution in [3.8, 4) is 11.5 Å². The number of ether oxygens (including phenoxy) is 2. The molecule has 0 fully saturated rings. The van der Waals surface area contributed by atoms with E-state index in [0.717, 1.165) is 26.0 Å². The van der Waals surface area contributed by atoms with Crippen molar-refractivity contribution in [2.45, 2.75) is 6.61 Å². The molecule has 0 aliphatic rings. The van der Waals surface area contributed by atoms with Crippen molar-refractivity contribution >= 4 is 31.9 Å². The van der Waals surface area contributed by atoms with Crippen LogP contribution in [0.1, 0.15) is 5.56 Å². The van der Waals surface area contributed by atoms with E-state index < -0.39 is 0 Å². The van der Waals surface area contributed by atoms with Crippen molar-refractivity contribution in [3.05, 3.63) is 57.0 Å². The fourth-order valence-corrected chi connectivity index (χ4v) is 2.78. The molecule has 2 rings (SSSR count). The summed E-state index contributed by atoms with van der Waals surface area (Å²) in [7, 11) is 1.63. The average Bonchev–Trinajstić information content (AvgIpc) is 2.39. The van der Waals surface area contributed by atoms with E-state index in [0.29, 0.717) is 6.61 Å². The van der Waals surface area contributed by atoms with Gasteiger partial charge >= 0.3 is 0 Å². The summed E-state index contributed by atoms with van der Waals surface area (Å²) in [5.74, 6) is 1.51. The van der Waals surface area contributed by atoms with Crippen LogP contribution in [0.4, 0.5) is 0 Å². The highest BCUT2D eigenvalue weighted by molar-refractivity contribution is 9.11. The number of hydrogen-bond acceptors (Lipinski definition) is 2. The maximum absolute atomic E-state index is 5.77. The minimum Gasteiger partial charge on any atom is -0.495 e. The Morgan fingerprint density at radius 2 is 1.61 bits per heavy atom. The Balaban J connectivity index is 2.14. The molecule has 2 aromatic carbocycles. The van der Waals surface area contributed by atoms with Crippen molar-refractivity contribution in [2.24, 2.45) is 0 Å². The van der Waals surface area contributed by atoms with E-state index in [-0.39, 0.29) is 0 Å². The van der Waals surface area contributed by atoms with Gasteiger partial charge in [-0.2, -0.15) is 0 Å². The van der Waals surface area contributed by atoms with Crippen LogP contribution in [0.5, 0.6) is 11.5 Å². The highest BCUT2D eigenvalue weighted by atomic mass is 79.9. The van der Waals surface area contributed by atoms with Gasteiger partial charge < -0.3 is 9.47 Å². The second-order valence-electron chi connectivity index (χ2n) is 3.69. The molecule has 0 aliphatic carbocycles. The third kappa shape index (κ3) is 3.27. The van der Waals surface area contributed by atoms with Gasteiger partial charge in [0.2, 0.25) is 0 Å². The largest absolute Gasteiger partial charge is 0.495 e. The zero-order chi connectivity index (χ0) is 13.0. The number of benzene rings is 2. The lowest BCUT2D eigenvalue weighted by atomic mass is 10.2. The van der Waals surface area contributed by atoms with Crippen molar-refractivity contribution < 1.29 is 9.47 Å². The Kier molecular flexibility index (Phi) is 4.66. The molecule has 0 atom stereocenters. The molecule has 0 amide bonds. The van der Waals surface area contributed by atoms with Crippen LogP contribution in [0.3, 0.4) is 0 Å². The van der Waals surface area contributed by atoms with Crippen LogP contribution in [0.2, 0.25) is 0 Å². The van der Waals surface area contributed by atoms with Crippen LogP contribution < -0.4 is 9.47 Å². The molecule has 0 bridgehead atoms. The maximum atomic E-state index is 5.77. The SMILES string of the molecule is COc1cc(OCc2ccccc2)c(Br)cc1Br. The molecule has 0 aromatic heterocycles. The molecule has 18 heavy (non-hydrogen) atoms. The van der Waals surface area contributed by atoms with E-state index in [1.165, 1.54) is 0 Å². The minimum atomic E-state index is 0.532. The summed E-state index contributed by atoms with van der Waals surface area (Å²) in [4.78, 5) is 0. The molecule has 0 N–H and O–H groups in total. The molecule has 0 radical (unpaired) electrons. The third-order valence-electron chi connectivity index (χ3n) is 2.44. The monoisotopic (exact) mass is 370 g/mol. The highest BCUT2D eigenvalue weighted by Gasteiger charge is 2.08. The summed E-state index contributed by atoms with van der Waals surface area (Å²) in [6.45, 7) is 0.532. The van der Waals surface area contributed by atoms with Gasteiger partial charge in [-0.05, 0) is 43.5 Å². The van der Waals surface area contributed by atoms with E-state index in [9.17, 15) is 0 Å². The van der Waals surface area contributed by atoms with Crippen molar-refractivity contribution in [1.29, 1.82) is 0 Å². The van der Waals surface area contributed by atoms with E-state index in [1.54, 1.807) is 7.11 Å². The van der Waals surface area contributed by atoms with Crippen molar-refractivity contribution in [1.82, 2.24) is 0 Å². The van der Waals surface area contributed by atoms with Crippen molar-refractivity contribution in [3.63, 3.8) is 0 Å². The van der Waals surface area contributed by atoms with Crippen LogP contribution in [0.15, 0.2) is 51.4 Å². The maximum Gasteiger partial charge on any atom is 0.137 e. The molecule has 0 unspecified atom stereocenters. The molecule has 0 saturated heterocycles. The lowest BCUT2D eigenvalue weighted by Crippen LogP contribution is -1.96. The lowest BCUT2D eigenvalue weighted by molar-refractivity contribution is 0.301. The Morgan fingerprint density at radius 3 is 2.28 bits per heavy atom. The fraction of sp³-hybridized carbons (Fsp3) is 0.143. The Bertz CT molecular complexity index is 527. The zero-order valence-corrected chi connectivity index (χ0v) is 13.0. The lowest BCUT2D eigenvalue weighted by Gasteiger charge is -2.11. The average molecular weight is 372 g/mol. The van der Waals surface area contributed by atoms with Gasteiger partial charge in [0.15, 0.2) is 0 Å². The van der Waals surface area contributed by atoms with Gasteiger partial charge in [0.05, 0.1) is 16.1 Å². The molecule has 0 saturated carbocycles. The zero-order valence-electron chi connectivity index (χ0n) is 9.82. The number of hydrogen-bond donors (Lipinski definition) is 0. The van der Waals surface area contributed by atoms with Crippen LogP contribution >= 0.6 is 31.9 Å². The minimum absolute atomic E-state index is 0.532. The third-order valence-corrected chi connectivity index (χ3v) is 3.68. The fourth-order valence-electron chi connectivity index (χ4n) is 1.51. The first kappa shape index (κ1) is 13.4. The first-order valence-corrected chi connectivity index (χ1v) is 6.99. The van der Waals surface area contributed by atoms with E-state index in [4.69, 9.17) is 9.47 Å². The summed E-state index contributed by atoms with van der Waals surface area (Å²) in [5.41, 5.74) is 1.13. The first-order valence-electron chi connectivity index (χ1n) is 5.40. The van der Waals surface area contributed by atoms with Crippen LogP contribution in [-0.4, -0.2) is 7.11 Å². The molecule has 94 valence electrons. The summed E-state index contributed by atoms with van der Waals surface area (Å²) < 4.78 is 12.8. The summed E-state index contributed by atoms with van der Waals surface area (Å²) in [6.07, 6.45) is 0. The Labute approximate surface area is 123 Å².